The highest BCUT2D eigenvalue weighted by atomic mass is 35.5. The van der Waals surface area contributed by atoms with Crippen molar-refractivity contribution in [1.29, 1.82) is 0 Å². The van der Waals surface area contributed by atoms with E-state index in [0.717, 1.165) is 5.56 Å². The number of esters is 1. The van der Waals surface area contributed by atoms with Crippen molar-refractivity contribution in [2.75, 3.05) is 11.9 Å². The van der Waals surface area contributed by atoms with Crippen LogP contribution >= 0.6 is 11.6 Å². The first-order valence-corrected chi connectivity index (χ1v) is 6.61. The largest absolute Gasteiger partial charge is 0.466 e. The fourth-order valence-corrected chi connectivity index (χ4v) is 2.06. The molecule has 0 saturated carbocycles. The van der Waals surface area contributed by atoms with E-state index in [1.165, 1.54) is 6.92 Å². The maximum Gasteiger partial charge on any atom is 0.313 e. The number of amides is 1. The number of nitrogens with one attached hydrogen (secondary N) is 1. The quantitative estimate of drug-likeness (QED) is 0.843. The minimum Gasteiger partial charge on any atom is -0.466 e. The smallest absolute Gasteiger partial charge is 0.313 e. The van der Waals surface area contributed by atoms with Crippen molar-refractivity contribution in [3.8, 4) is 0 Å². The van der Waals surface area contributed by atoms with Gasteiger partial charge in [0.25, 0.3) is 0 Å². The van der Waals surface area contributed by atoms with Crippen LogP contribution in [0.25, 0.3) is 0 Å². The van der Waals surface area contributed by atoms with Crippen molar-refractivity contribution in [3.63, 3.8) is 0 Å². The zero-order valence-electron chi connectivity index (χ0n) is 11.3. The van der Waals surface area contributed by atoms with Crippen LogP contribution in [-0.4, -0.2) is 18.5 Å². The summed E-state index contributed by atoms with van der Waals surface area (Å²) in [5.41, 5.74) is 1.33. The summed E-state index contributed by atoms with van der Waals surface area (Å²) in [6.07, 6.45) is 0.634. The van der Waals surface area contributed by atoms with Gasteiger partial charge in [0, 0.05) is 6.92 Å². The lowest BCUT2D eigenvalue weighted by atomic mass is 9.96. The fraction of sp³-hybridized carbons (Fsp3) is 0.429. The topological polar surface area (TPSA) is 55.4 Å². The summed E-state index contributed by atoms with van der Waals surface area (Å²) in [5.74, 6) is -0.774. The first-order chi connectivity index (χ1) is 8.99. The van der Waals surface area contributed by atoms with E-state index < -0.39 is 0 Å². The summed E-state index contributed by atoms with van der Waals surface area (Å²) in [4.78, 5) is 22.8. The highest BCUT2D eigenvalue weighted by Gasteiger charge is 2.20. The molecule has 104 valence electrons. The van der Waals surface area contributed by atoms with Crippen LogP contribution in [0.2, 0.25) is 5.02 Å². The number of benzene rings is 1. The number of ether oxygens (including phenoxy) is 1. The van der Waals surface area contributed by atoms with Gasteiger partial charge in [0.05, 0.1) is 23.2 Å². The second kappa shape index (κ2) is 7.14. The van der Waals surface area contributed by atoms with E-state index in [1.807, 2.05) is 6.92 Å². The molecule has 4 nitrogen and oxygen atoms in total. The molecule has 0 aliphatic heterocycles. The molecular weight excluding hydrogens is 266 g/mol. The summed E-state index contributed by atoms with van der Waals surface area (Å²) >= 11 is 6.09. The highest BCUT2D eigenvalue weighted by molar-refractivity contribution is 6.33. The number of carbonyl (C=O) groups excluding carboxylic acids is 2. The molecule has 0 aromatic heterocycles. The minimum atomic E-state index is -0.330. The lowest BCUT2D eigenvalue weighted by molar-refractivity contribution is -0.145. The first-order valence-electron chi connectivity index (χ1n) is 6.23. The molecule has 1 atom stereocenters. The summed E-state index contributed by atoms with van der Waals surface area (Å²) < 4.78 is 5.03. The third-order valence-corrected chi connectivity index (χ3v) is 3.00. The molecule has 0 aliphatic carbocycles. The van der Waals surface area contributed by atoms with Crippen LogP contribution in [0.1, 0.15) is 38.7 Å². The first kappa shape index (κ1) is 15.5. The van der Waals surface area contributed by atoms with Gasteiger partial charge in [-0.3, -0.25) is 9.59 Å². The Morgan fingerprint density at radius 2 is 2.05 bits per heavy atom. The number of anilines is 1. The molecule has 1 aromatic carbocycles. The van der Waals surface area contributed by atoms with Crippen molar-refractivity contribution in [2.45, 2.75) is 33.1 Å². The monoisotopic (exact) mass is 283 g/mol. The SMILES string of the molecule is CCOC(=O)C(CC)c1ccc(NC(C)=O)c(Cl)c1. The number of hydrogen-bond donors (Lipinski definition) is 1. The van der Waals surface area contributed by atoms with E-state index in [1.54, 1.807) is 25.1 Å². The molecule has 1 rings (SSSR count). The molecule has 1 amide bonds. The summed E-state index contributed by atoms with van der Waals surface area (Å²) in [6, 6.07) is 5.17. The summed E-state index contributed by atoms with van der Waals surface area (Å²) in [5, 5.41) is 3.04. The summed E-state index contributed by atoms with van der Waals surface area (Å²) in [6.45, 7) is 5.46. The predicted molar refractivity (Wildman–Crippen MR) is 75.4 cm³/mol. The molecule has 1 unspecified atom stereocenters. The molecule has 0 radical (unpaired) electrons. The Labute approximate surface area is 118 Å². The molecule has 19 heavy (non-hydrogen) atoms. The van der Waals surface area contributed by atoms with Crippen LogP contribution in [0.5, 0.6) is 0 Å². The Bertz CT molecular complexity index is 474. The predicted octanol–water partition coefficient (Wildman–Crippen LogP) is 3.36. The third kappa shape index (κ3) is 4.24. The van der Waals surface area contributed by atoms with Gasteiger partial charge in [-0.15, -0.1) is 0 Å². The van der Waals surface area contributed by atoms with Gasteiger partial charge in [-0.2, -0.15) is 0 Å². The Kier molecular flexibility index (Phi) is 5.83. The number of rotatable bonds is 5. The van der Waals surface area contributed by atoms with Gasteiger partial charge in [-0.25, -0.2) is 0 Å². The molecule has 0 aliphatic rings. The number of hydrogen-bond acceptors (Lipinski definition) is 3. The van der Waals surface area contributed by atoms with E-state index in [9.17, 15) is 9.59 Å². The lowest BCUT2D eigenvalue weighted by Crippen LogP contribution is -2.15. The van der Waals surface area contributed by atoms with Crippen molar-refractivity contribution in [2.24, 2.45) is 0 Å². The molecule has 0 spiro atoms. The van der Waals surface area contributed by atoms with E-state index in [4.69, 9.17) is 16.3 Å². The molecule has 5 heteroatoms. The molecule has 1 N–H and O–H groups in total. The Balaban J connectivity index is 2.97. The molecule has 1 aromatic rings. The van der Waals surface area contributed by atoms with Crippen LogP contribution in [-0.2, 0) is 14.3 Å². The van der Waals surface area contributed by atoms with Gasteiger partial charge in [0.2, 0.25) is 5.91 Å². The van der Waals surface area contributed by atoms with Crippen molar-refractivity contribution >= 4 is 29.2 Å². The summed E-state index contributed by atoms with van der Waals surface area (Å²) in [7, 11) is 0. The maximum atomic E-state index is 11.8. The van der Waals surface area contributed by atoms with E-state index in [0.29, 0.717) is 23.7 Å². The molecular formula is C14H18ClNO3. The fourth-order valence-electron chi connectivity index (χ4n) is 1.82. The Morgan fingerprint density at radius 1 is 1.37 bits per heavy atom. The van der Waals surface area contributed by atoms with Gasteiger partial charge in [0.1, 0.15) is 0 Å². The van der Waals surface area contributed by atoms with Gasteiger partial charge in [0.15, 0.2) is 0 Å². The normalized spacial score (nSPS) is 11.8. The maximum absolute atomic E-state index is 11.8. The Morgan fingerprint density at radius 3 is 2.53 bits per heavy atom. The second-order valence-corrected chi connectivity index (χ2v) is 4.54. The molecule has 0 saturated heterocycles. The zero-order valence-corrected chi connectivity index (χ0v) is 12.1. The van der Waals surface area contributed by atoms with Crippen molar-refractivity contribution in [3.05, 3.63) is 28.8 Å². The standard InChI is InChI=1S/C14H18ClNO3/c1-4-11(14(18)19-5-2)10-6-7-13(12(15)8-10)16-9(3)17/h6-8,11H,4-5H2,1-3H3,(H,16,17). The zero-order chi connectivity index (χ0) is 14.4. The van der Waals surface area contributed by atoms with E-state index in [2.05, 4.69) is 5.32 Å². The van der Waals surface area contributed by atoms with Crippen molar-refractivity contribution < 1.29 is 14.3 Å². The molecule has 0 bridgehead atoms. The van der Waals surface area contributed by atoms with E-state index >= 15 is 0 Å². The number of carbonyl (C=O) groups is 2. The van der Waals surface area contributed by atoms with E-state index in [-0.39, 0.29) is 17.8 Å². The second-order valence-electron chi connectivity index (χ2n) is 4.13. The van der Waals surface area contributed by atoms with Crippen LogP contribution in [0, 0.1) is 0 Å². The van der Waals surface area contributed by atoms with Crippen LogP contribution in [0.3, 0.4) is 0 Å². The van der Waals surface area contributed by atoms with Crippen LogP contribution in [0.4, 0.5) is 5.69 Å². The van der Waals surface area contributed by atoms with Gasteiger partial charge < -0.3 is 10.1 Å². The lowest BCUT2D eigenvalue weighted by Gasteiger charge is -2.15. The average molecular weight is 284 g/mol. The Hall–Kier alpha value is -1.55. The average Bonchev–Trinajstić information content (AvgIpc) is 2.33. The van der Waals surface area contributed by atoms with Crippen molar-refractivity contribution in [1.82, 2.24) is 0 Å². The molecule has 0 heterocycles. The van der Waals surface area contributed by atoms with Crippen LogP contribution in [0.15, 0.2) is 18.2 Å². The van der Waals surface area contributed by atoms with Gasteiger partial charge in [-0.1, -0.05) is 24.6 Å². The highest BCUT2D eigenvalue weighted by Crippen LogP contribution is 2.29. The van der Waals surface area contributed by atoms with Gasteiger partial charge >= 0.3 is 5.97 Å². The molecule has 0 fully saturated rings. The minimum absolute atomic E-state index is 0.188. The number of halogens is 1. The van der Waals surface area contributed by atoms with Gasteiger partial charge in [-0.05, 0) is 31.0 Å². The third-order valence-electron chi connectivity index (χ3n) is 2.69. The van der Waals surface area contributed by atoms with Crippen LogP contribution < -0.4 is 5.32 Å².